The molecule has 0 saturated heterocycles. The molecule has 0 unspecified atom stereocenters. The monoisotopic (exact) mass is 376 g/mol. The fourth-order valence-corrected chi connectivity index (χ4v) is 2.50. The summed E-state index contributed by atoms with van der Waals surface area (Å²) in [5.74, 6) is -1.46. The number of amides is 2. The van der Waals surface area contributed by atoms with Crippen molar-refractivity contribution in [3.05, 3.63) is 63.9 Å². The number of para-hydroxylation sites is 1. The molecule has 1 aliphatic carbocycles. The molecular weight excluding hydrogens is 363 g/mol. The Kier molecular flexibility index (Phi) is 4.43. The SMILES string of the molecule is O=C(Nc1ccccc1C(=O)NC1CC1)c1cc(Br)ccc1F. The highest BCUT2D eigenvalue weighted by Gasteiger charge is 2.25. The molecule has 3 rings (SSSR count). The van der Waals surface area contributed by atoms with Gasteiger partial charge in [-0.1, -0.05) is 28.1 Å². The fourth-order valence-electron chi connectivity index (χ4n) is 2.14. The smallest absolute Gasteiger partial charge is 0.258 e. The van der Waals surface area contributed by atoms with Gasteiger partial charge >= 0.3 is 0 Å². The van der Waals surface area contributed by atoms with E-state index in [9.17, 15) is 14.0 Å². The van der Waals surface area contributed by atoms with E-state index in [0.29, 0.717) is 15.7 Å². The summed E-state index contributed by atoms with van der Waals surface area (Å²) >= 11 is 3.21. The third-order valence-corrected chi connectivity index (χ3v) is 4.00. The Morgan fingerprint density at radius 2 is 1.78 bits per heavy atom. The molecule has 2 amide bonds. The molecular formula is C17H14BrFN2O2. The van der Waals surface area contributed by atoms with Crippen LogP contribution in [0.1, 0.15) is 33.6 Å². The summed E-state index contributed by atoms with van der Waals surface area (Å²) in [7, 11) is 0. The number of hydrogen-bond donors (Lipinski definition) is 2. The van der Waals surface area contributed by atoms with E-state index in [0.717, 1.165) is 12.8 Å². The predicted octanol–water partition coefficient (Wildman–Crippen LogP) is 3.73. The second-order valence-electron chi connectivity index (χ2n) is 5.37. The third kappa shape index (κ3) is 3.76. The topological polar surface area (TPSA) is 58.2 Å². The molecule has 1 fully saturated rings. The minimum atomic E-state index is -0.620. The molecule has 4 nitrogen and oxygen atoms in total. The number of benzene rings is 2. The lowest BCUT2D eigenvalue weighted by molar-refractivity contribution is 0.0952. The number of anilines is 1. The van der Waals surface area contributed by atoms with Crippen molar-refractivity contribution in [2.24, 2.45) is 0 Å². The lowest BCUT2D eigenvalue weighted by atomic mass is 10.1. The Morgan fingerprint density at radius 3 is 2.52 bits per heavy atom. The second kappa shape index (κ2) is 6.50. The van der Waals surface area contributed by atoms with Crippen LogP contribution in [-0.4, -0.2) is 17.9 Å². The van der Waals surface area contributed by atoms with Gasteiger partial charge < -0.3 is 10.6 Å². The van der Waals surface area contributed by atoms with Crippen molar-refractivity contribution in [3.8, 4) is 0 Å². The van der Waals surface area contributed by atoms with Crippen molar-refractivity contribution >= 4 is 33.4 Å². The van der Waals surface area contributed by atoms with Gasteiger partial charge in [0.15, 0.2) is 0 Å². The van der Waals surface area contributed by atoms with Gasteiger partial charge in [0.2, 0.25) is 0 Å². The summed E-state index contributed by atoms with van der Waals surface area (Å²) in [5, 5.41) is 5.48. The summed E-state index contributed by atoms with van der Waals surface area (Å²) in [6, 6.07) is 11.0. The van der Waals surface area contributed by atoms with Gasteiger partial charge in [0.25, 0.3) is 11.8 Å². The number of hydrogen-bond acceptors (Lipinski definition) is 2. The standard InChI is InChI=1S/C17H14BrFN2O2/c18-10-5-8-14(19)13(9-10)17(23)21-15-4-2-1-3-12(15)16(22)20-11-6-7-11/h1-5,8-9,11H,6-7H2,(H,20,22)(H,21,23). The van der Waals surface area contributed by atoms with E-state index in [1.807, 2.05) is 0 Å². The van der Waals surface area contributed by atoms with Gasteiger partial charge in [-0.15, -0.1) is 0 Å². The van der Waals surface area contributed by atoms with Gasteiger partial charge in [-0.2, -0.15) is 0 Å². The molecule has 2 N–H and O–H groups in total. The first-order valence-electron chi connectivity index (χ1n) is 7.21. The zero-order chi connectivity index (χ0) is 16.4. The van der Waals surface area contributed by atoms with Crippen molar-refractivity contribution < 1.29 is 14.0 Å². The summed E-state index contributed by atoms with van der Waals surface area (Å²) in [6.45, 7) is 0. The van der Waals surface area contributed by atoms with Crippen LogP contribution in [-0.2, 0) is 0 Å². The summed E-state index contributed by atoms with van der Waals surface area (Å²) in [4.78, 5) is 24.5. The maximum atomic E-state index is 13.8. The highest BCUT2D eigenvalue weighted by Crippen LogP contribution is 2.22. The highest BCUT2D eigenvalue weighted by molar-refractivity contribution is 9.10. The third-order valence-electron chi connectivity index (χ3n) is 3.51. The van der Waals surface area contributed by atoms with Crippen LogP contribution in [0.25, 0.3) is 0 Å². The molecule has 1 saturated carbocycles. The van der Waals surface area contributed by atoms with Crippen LogP contribution in [0, 0.1) is 5.82 Å². The zero-order valence-electron chi connectivity index (χ0n) is 12.1. The molecule has 0 aromatic heterocycles. The zero-order valence-corrected chi connectivity index (χ0v) is 13.7. The van der Waals surface area contributed by atoms with Crippen LogP contribution in [0.5, 0.6) is 0 Å². The van der Waals surface area contributed by atoms with Crippen molar-refractivity contribution in [1.82, 2.24) is 5.32 Å². The molecule has 0 atom stereocenters. The van der Waals surface area contributed by atoms with Gasteiger partial charge in [0, 0.05) is 10.5 Å². The molecule has 118 valence electrons. The molecule has 0 bridgehead atoms. The first kappa shape index (κ1) is 15.7. The van der Waals surface area contributed by atoms with Crippen molar-refractivity contribution in [2.75, 3.05) is 5.32 Å². The number of carbonyl (C=O) groups excluding carboxylic acids is 2. The number of rotatable bonds is 4. The number of halogens is 2. The lowest BCUT2D eigenvalue weighted by Crippen LogP contribution is -2.27. The van der Waals surface area contributed by atoms with Gasteiger partial charge in [0.05, 0.1) is 16.8 Å². The first-order valence-corrected chi connectivity index (χ1v) is 8.00. The molecule has 0 radical (unpaired) electrons. The van der Waals surface area contributed by atoms with E-state index in [1.54, 1.807) is 24.3 Å². The number of nitrogens with one attached hydrogen (secondary N) is 2. The van der Waals surface area contributed by atoms with Crippen LogP contribution in [0.3, 0.4) is 0 Å². The summed E-state index contributed by atoms with van der Waals surface area (Å²) < 4.78 is 14.4. The molecule has 23 heavy (non-hydrogen) atoms. The Labute approximate surface area is 141 Å². The Morgan fingerprint density at radius 1 is 1.04 bits per heavy atom. The Bertz CT molecular complexity index is 775. The maximum absolute atomic E-state index is 13.8. The maximum Gasteiger partial charge on any atom is 0.258 e. The molecule has 1 aliphatic rings. The molecule has 0 aliphatic heterocycles. The summed E-state index contributed by atoms with van der Waals surface area (Å²) in [5.41, 5.74) is 0.634. The fraction of sp³-hybridized carbons (Fsp3) is 0.176. The van der Waals surface area contributed by atoms with E-state index in [2.05, 4.69) is 26.6 Å². The minimum absolute atomic E-state index is 0.0863. The van der Waals surface area contributed by atoms with Crippen LogP contribution in [0.4, 0.5) is 10.1 Å². The van der Waals surface area contributed by atoms with E-state index in [4.69, 9.17) is 0 Å². The molecule has 6 heteroatoms. The summed E-state index contributed by atoms with van der Waals surface area (Å²) in [6.07, 6.45) is 1.95. The van der Waals surface area contributed by atoms with E-state index in [1.165, 1.54) is 18.2 Å². The minimum Gasteiger partial charge on any atom is -0.349 e. The van der Waals surface area contributed by atoms with Crippen molar-refractivity contribution in [3.63, 3.8) is 0 Å². The van der Waals surface area contributed by atoms with Crippen LogP contribution in [0.2, 0.25) is 0 Å². The van der Waals surface area contributed by atoms with Crippen molar-refractivity contribution in [1.29, 1.82) is 0 Å². The van der Waals surface area contributed by atoms with E-state index >= 15 is 0 Å². The second-order valence-corrected chi connectivity index (χ2v) is 6.29. The highest BCUT2D eigenvalue weighted by atomic mass is 79.9. The van der Waals surface area contributed by atoms with Crippen LogP contribution < -0.4 is 10.6 Å². The van der Waals surface area contributed by atoms with E-state index in [-0.39, 0.29) is 17.5 Å². The molecule has 2 aromatic carbocycles. The average Bonchev–Trinajstić information content (AvgIpc) is 3.34. The van der Waals surface area contributed by atoms with Crippen molar-refractivity contribution in [2.45, 2.75) is 18.9 Å². The van der Waals surface area contributed by atoms with Gasteiger partial charge in [-0.3, -0.25) is 9.59 Å². The average molecular weight is 377 g/mol. The number of carbonyl (C=O) groups is 2. The Hall–Kier alpha value is -2.21. The van der Waals surface area contributed by atoms with Gasteiger partial charge in [-0.05, 0) is 43.2 Å². The lowest BCUT2D eigenvalue weighted by Gasteiger charge is -2.11. The van der Waals surface area contributed by atoms with Gasteiger partial charge in [0.1, 0.15) is 5.82 Å². The normalized spacial score (nSPS) is 13.5. The van der Waals surface area contributed by atoms with Crippen LogP contribution in [0.15, 0.2) is 46.9 Å². The quantitative estimate of drug-likeness (QED) is 0.853. The van der Waals surface area contributed by atoms with E-state index < -0.39 is 11.7 Å². The van der Waals surface area contributed by atoms with Gasteiger partial charge in [-0.25, -0.2) is 4.39 Å². The largest absolute Gasteiger partial charge is 0.349 e. The molecule has 2 aromatic rings. The molecule has 0 heterocycles. The Balaban J connectivity index is 1.83. The van der Waals surface area contributed by atoms with Crippen LogP contribution >= 0.6 is 15.9 Å². The molecule has 0 spiro atoms. The predicted molar refractivity (Wildman–Crippen MR) is 89.0 cm³/mol. The first-order chi connectivity index (χ1) is 11.0.